The molecule has 0 fully saturated rings. The van der Waals surface area contributed by atoms with Gasteiger partial charge < -0.3 is 10.1 Å². The number of carbonyl (C=O) groups excluding carboxylic acids is 1. The van der Waals surface area contributed by atoms with Crippen LogP contribution in [0, 0.1) is 5.82 Å². The molecule has 0 spiro atoms. The zero-order chi connectivity index (χ0) is 14.1. The molecule has 4 heteroatoms. The maximum atomic E-state index is 12.9. The van der Waals surface area contributed by atoms with Crippen molar-refractivity contribution in [3.05, 3.63) is 35.6 Å². The van der Waals surface area contributed by atoms with Gasteiger partial charge in [0.25, 0.3) is 0 Å². The first kappa shape index (κ1) is 15.6. The Labute approximate surface area is 114 Å². The van der Waals surface area contributed by atoms with Crippen LogP contribution in [0.2, 0.25) is 0 Å². The highest BCUT2D eigenvalue weighted by molar-refractivity contribution is 5.76. The SMILES string of the molecule is CCCC(CC(=O)NCCOC)c1ccc(F)cc1. The van der Waals surface area contributed by atoms with Crippen molar-refractivity contribution in [1.82, 2.24) is 5.32 Å². The lowest BCUT2D eigenvalue weighted by Gasteiger charge is -2.16. The third-order valence-electron chi connectivity index (χ3n) is 3.04. The number of amides is 1. The van der Waals surface area contributed by atoms with Crippen LogP contribution in [0.15, 0.2) is 24.3 Å². The summed E-state index contributed by atoms with van der Waals surface area (Å²) in [5.74, 6) is -0.0866. The zero-order valence-corrected chi connectivity index (χ0v) is 11.6. The van der Waals surface area contributed by atoms with Gasteiger partial charge in [-0.05, 0) is 30.0 Å². The maximum Gasteiger partial charge on any atom is 0.220 e. The molecule has 1 rings (SSSR count). The van der Waals surface area contributed by atoms with Crippen LogP contribution in [0.3, 0.4) is 0 Å². The van der Waals surface area contributed by atoms with Crippen molar-refractivity contribution in [2.75, 3.05) is 20.3 Å². The Morgan fingerprint density at radius 1 is 1.37 bits per heavy atom. The lowest BCUT2D eigenvalue weighted by Crippen LogP contribution is -2.28. The molecule has 1 N–H and O–H groups in total. The van der Waals surface area contributed by atoms with Gasteiger partial charge in [0, 0.05) is 20.1 Å². The van der Waals surface area contributed by atoms with E-state index >= 15 is 0 Å². The molecule has 0 aromatic heterocycles. The minimum absolute atomic E-state index is 0.0137. The Balaban J connectivity index is 2.57. The van der Waals surface area contributed by atoms with Gasteiger partial charge in [-0.1, -0.05) is 25.5 Å². The molecule has 1 aromatic carbocycles. The van der Waals surface area contributed by atoms with E-state index in [1.807, 2.05) is 0 Å². The van der Waals surface area contributed by atoms with Gasteiger partial charge in [-0.3, -0.25) is 4.79 Å². The molecule has 0 aliphatic rings. The van der Waals surface area contributed by atoms with Gasteiger partial charge >= 0.3 is 0 Å². The van der Waals surface area contributed by atoms with Crippen LogP contribution in [0.25, 0.3) is 0 Å². The number of ether oxygens (including phenoxy) is 1. The van der Waals surface area contributed by atoms with Crippen LogP contribution in [-0.4, -0.2) is 26.2 Å². The lowest BCUT2D eigenvalue weighted by atomic mass is 9.91. The molecule has 19 heavy (non-hydrogen) atoms. The number of nitrogens with one attached hydrogen (secondary N) is 1. The lowest BCUT2D eigenvalue weighted by molar-refractivity contribution is -0.121. The molecule has 106 valence electrons. The average molecular weight is 267 g/mol. The predicted octanol–water partition coefficient (Wildman–Crippen LogP) is 2.86. The summed E-state index contributed by atoms with van der Waals surface area (Å²) in [7, 11) is 1.60. The van der Waals surface area contributed by atoms with Crippen LogP contribution in [0.1, 0.15) is 37.7 Å². The van der Waals surface area contributed by atoms with Crippen LogP contribution in [0.5, 0.6) is 0 Å². The molecule has 1 amide bonds. The fourth-order valence-corrected chi connectivity index (χ4v) is 2.06. The summed E-state index contributed by atoms with van der Waals surface area (Å²) in [6, 6.07) is 6.41. The van der Waals surface area contributed by atoms with Crippen molar-refractivity contribution in [2.24, 2.45) is 0 Å². The summed E-state index contributed by atoms with van der Waals surface area (Å²) < 4.78 is 17.8. The van der Waals surface area contributed by atoms with Gasteiger partial charge in [0.1, 0.15) is 5.82 Å². The fourth-order valence-electron chi connectivity index (χ4n) is 2.06. The van der Waals surface area contributed by atoms with Crippen molar-refractivity contribution >= 4 is 5.91 Å². The first-order valence-corrected chi connectivity index (χ1v) is 6.68. The van der Waals surface area contributed by atoms with E-state index < -0.39 is 0 Å². The molecule has 0 heterocycles. The van der Waals surface area contributed by atoms with Gasteiger partial charge in [0.05, 0.1) is 6.61 Å². The normalized spacial score (nSPS) is 12.2. The first-order valence-electron chi connectivity index (χ1n) is 6.68. The van der Waals surface area contributed by atoms with E-state index in [2.05, 4.69) is 12.2 Å². The van der Waals surface area contributed by atoms with Gasteiger partial charge in [0.15, 0.2) is 0 Å². The molecular formula is C15H22FNO2. The fraction of sp³-hybridized carbons (Fsp3) is 0.533. The molecule has 1 aromatic rings. The average Bonchev–Trinajstić information content (AvgIpc) is 2.39. The number of methoxy groups -OCH3 is 1. The van der Waals surface area contributed by atoms with Gasteiger partial charge in [-0.2, -0.15) is 0 Å². The van der Waals surface area contributed by atoms with Gasteiger partial charge in [-0.15, -0.1) is 0 Å². The molecule has 0 saturated carbocycles. The minimum atomic E-state index is -0.247. The molecule has 1 unspecified atom stereocenters. The van der Waals surface area contributed by atoms with Crippen molar-refractivity contribution in [3.8, 4) is 0 Å². The van der Waals surface area contributed by atoms with Crippen LogP contribution in [-0.2, 0) is 9.53 Å². The molecule has 0 saturated heterocycles. The number of benzene rings is 1. The second-order valence-corrected chi connectivity index (χ2v) is 4.58. The molecule has 0 bridgehead atoms. The minimum Gasteiger partial charge on any atom is -0.383 e. The topological polar surface area (TPSA) is 38.3 Å². The van der Waals surface area contributed by atoms with E-state index in [1.54, 1.807) is 19.2 Å². The standard InChI is InChI=1S/C15H22FNO2/c1-3-4-13(11-15(18)17-9-10-19-2)12-5-7-14(16)8-6-12/h5-8,13H,3-4,9-11H2,1-2H3,(H,17,18). The van der Waals surface area contributed by atoms with E-state index in [4.69, 9.17) is 4.74 Å². The first-order chi connectivity index (χ1) is 9.17. The van der Waals surface area contributed by atoms with E-state index in [9.17, 15) is 9.18 Å². The van der Waals surface area contributed by atoms with Crippen molar-refractivity contribution < 1.29 is 13.9 Å². The molecule has 0 aliphatic carbocycles. The number of carbonyl (C=O) groups is 1. The number of rotatable bonds is 8. The Morgan fingerprint density at radius 2 is 2.05 bits per heavy atom. The highest BCUT2D eigenvalue weighted by Crippen LogP contribution is 2.25. The molecule has 3 nitrogen and oxygen atoms in total. The summed E-state index contributed by atoms with van der Waals surface area (Å²) in [6.07, 6.45) is 2.35. The number of halogens is 1. The summed E-state index contributed by atoms with van der Waals surface area (Å²) >= 11 is 0. The van der Waals surface area contributed by atoms with Crippen LogP contribution < -0.4 is 5.32 Å². The monoisotopic (exact) mass is 267 g/mol. The maximum absolute atomic E-state index is 12.9. The highest BCUT2D eigenvalue weighted by atomic mass is 19.1. The highest BCUT2D eigenvalue weighted by Gasteiger charge is 2.15. The molecule has 0 radical (unpaired) electrons. The molecular weight excluding hydrogens is 245 g/mol. The summed E-state index contributed by atoms with van der Waals surface area (Å²) in [6.45, 7) is 3.12. The molecule has 0 aliphatic heterocycles. The smallest absolute Gasteiger partial charge is 0.220 e. The third-order valence-corrected chi connectivity index (χ3v) is 3.04. The number of hydrogen-bond acceptors (Lipinski definition) is 2. The van der Waals surface area contributed by atoms with Gasteiger partial charge in [0.2, 0.25) is 5.91 Å². The van der Waals surface area contributed by atoms with Crippen LogP contribution >= 0.6 is 0 Å². The summed E-state index contributed by atoms with van der Waals surface area (Å²) in [5.41, 5.74) is 1.02. The Hall–Kier alpha value is -1.42. The van der Waals surface area contributed by atoms with E-state index in [-0.39, 0.29) is 17.6 Å². The van der Waals surface area contributed by atoms with Gasteiger partial charge in [-0.25, -0.2) is 4.39 Å². The Kier molecular flexibility index (Phi) is 7.11. The second-order valence-electron chi connectivity index (χ2n) is 4.58. The largest absolute Gasteiger partial charge is 0.383 e. The predicted molar refractivity (Wildman–Crippen MR) is 73.6 cm³/mol. The van der Waals surface area contributed by atoms with E-state index in [0.29, 0.717) is 19.6 Å². The summed E-state index contributed by atoms with van der Waals surface area (Å²) in [4.78, 5) is 11.8. The Bertz CT molecular complexity index is 378. The van der Waals surface area contributed by atoms with E-state index in [1.165, 1.54) is 12.1 Å². The van der Waals surface area contributed by atoms with E-state index in [0.717, 1.165) is 18.4 Å². The quantitative estimate of drug-likeness (QED) is 0.735. The van der Waals surface area contributed by atoms with Crippen molar-refractivity contribution in [2.45, 2.75) is 32.1 Å². The Morgan fingerprint density at radius 3 is 2.63 bits per heavy atom. The molecule has 1 atom stereocenters. The third kappa shape index (κ3) is 5.83. The van der Waals surface area contributed by atoms with Crippen LogP contribution in [0.4, 0.5) is 4.39 Å². The summed E-state index contributed by atoms with van der Waals surface area (Å²) in [5, 5.41) is 2.82. The number of hydrogen-bond donors (Lipinski definition) is 1. The van der Waals surface area contributed by atoms with Crippen molar-refractivity contribution in [3.63, 3.8) is 0 Å². The zero-order valence-electron chi connectivity index (χ0n) is 11.6. The van der Waals surface area contributed by atoms with Crippen molar-refractivity contribution in [1.29, 1.82) is 0 Å². The second kappa shape index (κ2) is 8.64.